The third-order valence-electron chi connectivity index (χ3n) is 6.38. The van der Waals surface area contributed by atoms with Crippen LogP contribution in [0.1, 0.15) is 29.2 Å². The number of hydrogen-bond donors (Lipinski definition) is 2. The first-order valence-electron chi connectivity index (χ1n) is 9.59. The van der Waals surface area contributed by atoms with Gasteiger partial charge in [-0.25, -0.2) is 0 Å². The van der Waals surface area contributed by atoms with E-state index in [2.05, 4.69) is 33.0 Å². The molecule has 0 radical (unpaired) electrons. The molecule has 3 aromatic rings. The molecule has 2 aromatic carbocycles. The zero-order chi connectivity index (χ0) is 20.2. The number of aliphatic hydroxyl groups is 1. The topological polar surface area (TPSA) is 68.4 Å². The molecule has 4 unspecified atom stereocenters. The lowest BCUT2D eigenvalue weighted by Crippen LogP contribution is -2.51. The third-order valence-corrected chi connectivity index (χ3v) is 7.11. The quantitative estimate of drug-likeness (QED) is 0.579. The number of hydrogen-bond acceptors (Lipinski definition) is 4. The van der Waals surface area contributed by atoms with Crippen LogP contribution in [0.5, 0.6) is 5.75 Å². The predicted molar refractivity (Wildman–Crippen MR) is 116 cm³/mol. The maximum absolute atomic E-state index is 12.3. The molecule has 3 N–H and O–H groups in total. The molecule has 0 saturated heterocycles. The minimum absolute atomic E-state index is 0.101. The maximum atomic E-state index is 12.3. The van der Waals surface area contributed by atoms with E-state index in [1.165, 1.54) is 0 Å². The zero-order valence-electron chi connectivity index (χ0n) is 15.6. The second-order valence-electron chi connectivity index (χ2n) is 7.74. The molecule has 5 rings (SSSR count). The van der Waals surface area contributed by atoms with E-state index in [0.29, 0.717) is 29.4 Å². The van der Waals surface area contributed by atoms with E-state index in [1.54, 1.807) is 12.3 Å². The number of pyridine rings is 1. The molecule has 2 heterocycles. The highest BCUT2D eigenvalue weighted by molar-refractivity contribution is 9.10. The van der Waals surface area contributed by atoms with Gasteiger partial charge < -0.3 is 15.6 Å². The first-order valence-corrected chi connectivity index (χ1v) is 10.8. The van der Waals surface area contributed by atoms with Crippen molar-refractivity contribution in [2.75, 3.05) is 6.54 Å². The Kier molecular flexibility index (Phi) is 4.48. The molecule has 29 heavy (non-hydrogen) atoms. The molecule has 148 valence electrons. The number of ether oxygens (including phenoxy) is 1. The number of benzene rings is 2. The van der Waals surface area contributed by atoms with Crippen molar-refractivity contribution in [3.8, 4) is 5.75 Å². The van der Waals surface area contributed by atoms with Gasteiger partial charge in [0.05, 0.1) is 5.02 Å². The first-order chi connectivity index (χ1) is 14.0. The Morgan fingerprint density at radius 1 is 1.17 bits per heavy atom. The maximum Gasteiger partial charge on any atom is 0.175 e. The van der Waals surface area contributed by atoms with Gasteiger partial charge >= 0.3 is 0 Å². The summed E-state index contributed by atoms with van der Waals surface area (Å²) in [6, 6.07) is 19.8. The minimum Gasteiger partial charge on any atom is -0.476 e. The number of aromatic nitrogens is 1. The summed E-state index contributed by atoms with van der Waals surface area (Å²) < 4.78 is 7.62. The minimum atomic E-state index is -1.37. The second kappa shape index (κ2) is 6.81. The van der Waals surface area contributed by atoms with Crippen molar-refractivity contribution in [3.63, 3.8) is 0 Å². The lowest BCUT2D eigenvalue weighted by molar-refractivity contribution is -0.127. The molecule has 1 aliphatic heterocycles. The molecule has 6 heteroatoms. The molecular formula is C23H20BrClN2O2. The average Bonchev–Trinajstić information content (AvgIpc) is 3.13. The van der Waals surface area contributed by atoms with Crippen LogP contribution in [0.25, 0.3) is 0 Å². The standard InChI is InChI=1S/C23H20BrClN2O2/c24-17-8-6-15(7-9-17)23-19(14-4-2-1-3-5-14)10-16(12-26)22(23,28)21-20(29-23)11-18(25)13-27-21/h1-9,11,13,16,19,28H,10,12,26H2. The molecule has 2 aliphatic rings. The Bertz CT molecular complexity index is 1060. The van der Waals surface area contributed by atoms with Crippen molar-refractivity contribution in [1.82, 2.24) is 4.98 Å². The Labute approximate surface area is 182 Å². The number of rotatable bonds is 3. The van der Waals surface area contributed by atoms with Crippen LogP contribution in [0.3, 0.4) is 0 Å². The lowest BCUT2D eigenvalue weighted by atomic mass is 9.71. The molecule has 1 fully saturated rings. The fourth-order valence-electron chi connectivity index (χ4n) is 5.17. The van der Waals surface area contributed by atoms with Crippen molar-refractivity contribution >= 4 is 27.5 Å². The summed E-state index contributed by atoms with van der Waals surface area (Å²) in [4.78, 5) is 4.52. The molecule has 0 bridgehead atoms. The normalized spacial score (nSPS) is 29.9. The van der Waals surface area contributed by atoms with E-state index in [0.717, 1.165) is 15.6 Å². The van der Waals surface area contributed by atoms with Gasteiger partial charge in [-0.1, -0.05) is 70.0 Å². The summed E-state index contributed by atoms with van der Waals surface area (Å²) in [7, 11) is 0. The van der Waals surface area contributed by atoms with Gasteiger partial charge in [-0.15, -0.1) is 0 Å². The summed E-state index contributed by atoms with van der Waals surface area (Å²) in [6.07, 6.45) is 2.25. The SMILES string of the molecule is NCC1CC(c2ccccc2)C2(c3ccc(Br)cc3)Oc3cc(Cl)cnc3C12O. The van der Waals surface area contributed by atoms with Crippen LogP contribution < -0.4 is 10.5 Å². The number of fused-ring (bicyclic) bond motifs is 3. The first kappa shape index (κ1) is 19.1. The van der Waals surface area contributed by atoms with E-state index < -0.39 is 11.2 Å². The summed E-state index contributed by atoms with van der Waals surface area (Å²) >= 11 is 9.71. The fraction of sp³-hybridized carbons (Fsp3) is 0.261. The molecule has 0 spiro atoms. The van der Waals surface area contributed by atoms with E-state index in [-0.39, 0.29) is 11.8 Å². The van der Waals surface area contributed by atoms with Crippen LogP contribution in [-0.2, 0) is 11.2 Å². The monoisotopic (exact) mass is 470 g/mol. The van der Waals surface area contributed by atoms with Crippen LogP contribution in [0.4, 0.5) is 0 Å². The van der Waals surface area contributed by atoms with Gasteiger partial charge in [0.15, 0.2) is 11.2 Å². The number of nitrogens with two attached hydrogens (primary N) is 1. The Hall–Kier alpha value is -1.92. The van der Waals surface area contributed by atoms with Crippen LogP contribution in [-0.4, -0.2) is 16.6 Å². The van der Waals surface area contributed by atoms with Gasteiger partial charge in [0.1, 0.15) is 11.4 Å². The second-order valence-corrected chi connectivity index (χ2v) is 9.09. The largest absolute Gasteiger partial charge is 0.476 e. The van der Waals surface area contributed by atoms with E-state index in [4.69, 9.17) is 22.1 Å². The van der Waals surface area contributed by atoms with Crippen molar-refractivity contribution in [2.24, 2.45) is 11.7 Å². The smallest absolute Gasteiger partial charge is 0.175 e. The predicted octanol–water partition coefficient (Wildman–Crippen LogP) is 4.74. The van der Waals surface area contributed by atoms with E-state index in [9.17, 15) is 5.11 Å². The molecule has 4 nitrogen and oxygen atoms in total. The molecule has 1 aliphatic carbocycles. The summed E-state index contributed by atoms with van der Waals surface area (Å²) in [5.41, 5.74) is 6.28. The zero-order valence-corrected chi connectivity index (χ0v) is 17.9. The molecule has 0 amide bonds. The van der Waals surface area contributed by atoms with Crippen LogP contribution in [0.2, 0.25) is 5.02 Å². The highest BCUT2D eigenvalue weighted by Crippen LogP contribution is 2.68. The highest BCUT2D eigenvalue weighted by atomic mass is 79.9. The fourth-order valence-corrected chi connectivity index (χ4v) is 5.58. The highest BCUT2D eigenvalue weighted by Gasteiger charge is 2.72. The van der Waals surface area contributed by atoms with Gasteiger partial charge in [-0.2, -0.15) is 0 Å². The molecule has 1 saturated carbocycles. The summed E-state index contributed by atoms with van der Waals surface area (Å²) in [5.74, 6) is 0.199. The number of nitrogens with zero attached hydrogens (tertiary/aromatic N) is 1. The van der Waals surface area contributed by atoms with Crippen LogP contribution in [0.15, 0.2) is 71.3 Å². The van der Waals surface area contributed by atoms with Gasteiger partial charge in [-0.3, -0.25) is 4.98 Å². The molecule has 4 atom stereocenters. The van der Waals surface area contributed by atoms with Crippen molar-refractivity contribution in [2.45, 2.75) is 23.5 Å². The third kappa shape index (κ3) is 2.55. The summed E-state index contributed by atoms with van der Waals surface area (Å²) in [5, 5.41) is 12.8. The van der Waals surface area contributed by atoms with Gasteiger partial charge in [-0.05, 0) is 36.2 Å². The Balaban J connectivity index is 1.81. The van der Waals surface area contributed by atoms with Crippen LogP contribution in [0, 0.1) is 5.92 Å². The van der Waals surface area contributed by atoms with Crippen molar-refractivity contribution < 1.29 is 9.84 Å². The van der Waals surface area contributed by atoms with Gasteiger partial charge in [0.2, 0.25) is 0 Å². The Morgan fingerprint density at radius 2 is 1.90 bits per heavy atom. The van der Waals surface area contributed by atoms with Crippen molar-refractivity contribution in [1.29, 1.82) is 0 Å². The Morgan fingerprint density at radius 3 is 2.59 bits per heavy atom. The van der Waals surface area contributed by atoms with Crippen molar-refractivity contribution in [3.05, 3.63) is 93.2 Å². The van der Waals surface area contributed by atoms with E-state index in [1.807, 2.05) is 42.5 Å². The molecular weight excluding hydrogens is 452 g/mol. The van der Waals surface area contributed by atoms with Gasteiger partial charge in [0, 0.05) is 28.6 Å². The lowest BCUT2D eigenvalue weighted by Gasteiger charge is -2.41. The average molecular weight is 472 g/mol. The molecule has 1 aromatic heterocycles. The number of halogens is 2. The van der Waals surface area contributed by atoms with Gasteiger partial charge in [0.25, 0.3) is 0 Å². The van der Waals surface area contributed by atoms with Crippen LogP contribution >= 0.6 is 27.5 Å². The van der Waals surface area contributed by atoms with E-state index >= 15 is 0 Å². The summed E-state index contributed by atoms with van der Waals surface area (Å²) in [6.45, 7) is 0.325.